The molecule has 0 atom stereocenters. The van der Waals surface area contributed by atoms with Gasteiger partial charge in [0.1, 0.15) is 0 Å². The van der Waals surface area contributed by atoms with E-state index >= 15 is 0 Å². The maximum Gasteiger partial charge on any atom is 0.223 e. The van der Waals surface area contributed by atoms with Gasteiger partial charge in [-0.1, -0.05) is 6.92 Å². The molecule has 0 aromatic heterocycles. The van der Waals surface area contributed by atoms with Gasteiger partial charge in [0.25, 0.3) is 0 Å². The van der Waals surface area contributed by atoms with Crippen molar-refractivity contribution < 1.29 is 4.79 Å². The highest BCUT2D eigenvalue weighted by Gasteiger charge is 2.23. The second-order valence-electron chi connectivity index (χ2n) is 6.52. The van der Waals surface area contributed by atoms with Crippen LogP contribution < -0.4 is 10.2 Å². The van der Waals surface area contributed by atoms with Gasteiger partial charge in [0.15, 0.2) is 0 Å². The number of amides is 1. The predicted molar refractivity (Wildman–Crippen MR) is 91.5 cm³/mol. The van der Waals surface area contributed by atoms with Crippen molar-refractivity contribution in [2.24, 2.45) is 0 Å². The van der Waals surface area contributed by atoms with E-state index in [1.807, 2.05) is 4.90 Å². The van der Waals surface area contributed by atoms with E-state index in [9.17, 15) is 4.79 Å². The SMILES string of the molecule is CCCN1CCC(Nc2ccc3c(c2)CCN3C(C)=O)CC1. The highest BCUT2D eigenvalue weighted by molar-refractivity contribution is 5.94. The molecule has 4 heteroatoms. The fraction of sp³-hybridized carbons (Fsp3) is 0.611. The minimum Gasteiger partial charge on any atom is -0.382 e. The van der Waals surface area contributed by atoms with E-state index in [2.05, 4.69) is 35.3 Å². The van der Waals surface area contributed by atoms with Crippen LogP contribution in [0.15, 0.2) is 18.2 Å². The first-order valence-corrected chi connectivity index (χ1v) is 8.57. The van der Waals surface area contributed by atoms with Gasteiger partial charge in [-0.25, -0.2) is 0 Å². The molecule has 1 amide bonds. The van der Waals surface area contributed by atoms with E-state index in [4.69, 9.17) is 0 Å². The van der Waals surface area contributed by atoms with Gasteiger partial charge in [0.05, 0.1) is 0 Å². The Bertz CT molecular complexity index is 535. The largest absolute Gasteiger partial charge is 0.382 e. The average Bonchev–Trinajstić information content (AvgIpc) is 2.93. The average molecular weight is 301 g/mol. The van der Waals surface area contributed by atoms with Gasteiger partial charge in [0, 0.05) is 44.0 Å². The number of anilines is 2. The number of rotatable bonds is 4. The number of nitrogens with zero attached hydrogens (tertiary/aromatic N) is 2. The number of carbonyl (C=O) groups is 1. The van der Waals surface area contributed by atoms with Crippen molar-refractivity contribution >= 4 is 17.3 Å². The lowest BCUT2D eigenvalue weighted by atomic mass is 10.0. The second kappa shape index (κ2) is 6.69. The molecule has 1 aromatic carbocycles. The number of piperidine rings is 1. The molecule has 3 rings (SSSR count). The fourth-order valence-corrected chi connectivity index (χ4v) is 3.67. The maximum atomic E-state index is 11.6. The van der Waals surface area contributed by atoms with Gasteiger partial charge in [0.2, 0.25) is 5.91 Å². The number of hydrogen-bond acceptors (Lipinski definition) is 3. The molecule has 22 heavy (non-hydrogen) atoms. The molecule has 0 aliphatic carbocycles. The standard InChI is InChI=1S/C18H27N3O/c1-3-9-20-10-7-16(8-11-20)19-17-4-5-18-15(13-17)6-12-21(18)14(2)22/h4-5,13,16,19H,3,6-12H2,1-2H3. The number of nitrogens with one attached hydrogen (secondary N) is 1. The van der Waals surface area contributed by atoms with Crippen molar-refractivity contribution in [2.45, 2.75) is 45.6 Å². The van der Waals surface area contributed by atoms with E-state index in [0.29, 0.717) is 6.04 Å². The Morgan fingerprint density at radius 1 is 1.27 bits per heavy atom. The van der Waals surface area contributed by atoms with Crippen molar-refractivity contribution in [3.63, 3.8) is 0 Å². The van der Waals surface area contributed by atoms with E-state index in [1.54, 1.807) is 6.92 Å². The predicted octanol–water partition coefficient (Wildman–Crippen LogP) is 2.88. The summed E-state index contributed by atoms with van der Waals surface area (Å²) in [6.07, 6.45) is 4.66. The molecule has 0 unspecified atom stereocenters. The molecule has 2 heterocycles. The first-order chi connectivity index (χ1) is 10.7. The molecule has 1 saturated heterocycles. The van der Waals surface area contributed by atoms with Crippen LogP contribution in [0.1, 0.15) is 38.7 Å². The summed E-state index contributed by atoms with van der Waals surface area (Å²) in [6, 6.07) is 7.03. The summed E-state index contributed by atoms with van der Waals surface area (Å²) in [7, 11) is 0. The maximum absolute atomic E-state index is 11.6. The molecule has 2 aliphatic rings. The van der Waals surface area contributed by atoms with E-state index in [-0.39, 0.29) is 5.91 Å². The van der Waals surface area contributed by atoms with E-state index in [1.165, 1.54) is 50.1 Å². The van der Waals surface area contributed by atoms with Crippen LogP contribution in [0.4, 0.5) is 11.4 Å². The van der Waals surface area contributed by atoms with Crippen LogP contribution in [0.3, 0.4) is 0 Å². The highest BCUT2D eigenvalue weighted by Crippen LogP contribution is 2.31. The molecule has 4 nitrogen and oxygen atoms in total. The lowest BCUT2D eigenvalue weighted by Gasteiger charge is -2.32. The summed E-state index contributed by atoms with van der Waals surface area (Å²) < 4.78 is 0. The topological polar surface area (TPSA) is 35.6 Å². The minimum absolute atomic E-state index is 0.141. The van der Waals surface area contributed by atoms with E-state index in [0.717, 1.165) is 18.7 Å². The lowest BCUT2D eigenvalue weighted by molar-refractivity contribution is -0.116. The number of likely N-dealkylation sites (tertiary alicyclic amines) is 1. The second-order valence-corrected chi connectivity index (χ2v) is 6.52. The Labute approximate surface area is 133 Å². The molecule has 1 aromatic rings. The highest BCUT2D eigenvalue weighted by atomic mass is 16.2. The summed E-state index contributed by atoms with van der Waals surface area (Å²) in [4.78, 5) is 16.0. The van der Waals surface area contributed by atoms with Crippen molar-refractivity contribution in [3.05, 3.63) is 23.8 Å². The van der Waals surface area contributed by atoms with Gasteiger partial charge >= 0.3 is 0 Å². The molecule has 0 radical (unpaired) electrons. The van der Waals surface area contributed by atoms with Crippen LogP contribution in [0.25, 0.3) is 0 Å². The van der Waals surface area contributed by atoms with Gasteiger partial charge in [-0.3, -0.25) is 4.79 Å². The van der Waals surface area contributed by atoms with Crippen molar-refractivity contribution in [1.29, 1.82) is 0 Å². The Morgan fingerprint density at radius 2 is 2.05 bits per heavy atom. The lowest BCUT2D eigenvalue weighted by Crippen LogP contribution is -2.39. The Hall–Kier alpha value is -1.55. The first-order valence-electron chi connectivity index (χ1n) is 8.57. The zero-order valence-corrected chi connectivity index (χ0v) is 13.8. The van der Waals surface area contributed by atoms with Crippen molar-refractivity contribution in [2.75, 3.05) is 36.4 Å². The third kappa shape index (κ3) is 3.27. The number of hydrogen-bond donors (Lipinski definition) is 1. The molecule has 0 bridgehead atoms. The van der Waals surface area contributed by atoms with Crippen molar-refractivity contribution in [3.8, 4) is 0 Å². The molecule has 1 N–H and O–H groups in total. The summed E-state index contributed by atoms with van der Waals surface area (Å²) in [5, 5.41) is 3.69. The summed E-state index contributed by atoms with van der Waals surface area (Å²) in [5.41, 5.74) is 3.59. The Kier molecular flexibility index (Phi) is 4.67. The molecule has 120 valence electrons. The van der Waals surface area contributed by atoms with Crippen LogP contribution >= 0.6 is 0 Å². The summed E-state index contributed by atoms with van der Waals surface area (Å²) in [5.74, 6) is 0.141. The van der Waals surface area contributed by atoms with E-state index < -0.39 is 0 Å². The Morgan fingerprint density at radius 3 is 2.73 bits per heavy atom. The van der Waals surface area contributed by atoms with Crippen LogP contribution in [0.5, 0.6) is 0 Å². The van der Waals surface area contributed by atoms with Gasteiger partial charge in [-0.2, -0.15) is 0 Å². The Balaban J connectivity index is 1.60. The van der Waals surface area contributed by atoms with Gasteiger partial charge in [-0.05, 0) is 56.0 Å². The third-order valence-electron chi connectivity index (χ3n) is 4.85. The summed E-state index contributed by atoms with van der Waals surface area (Å²) >= 11 is 0. The van der Waals surface area contributed by atoms with Crippen LogP contribution in [-0.2, 0) is 11.2 Å². The fourth-order valence-electron chi connectivity index (χ4n) is 3.67. The van der Waals surface area contributed by atoms with Crippen LogP contribution in [0.2, 0.25) is 0 Å². The summed E-state index contributed by atoms with van der Waals surface area (Å²) in [6.45, 7) is 8.35. The quantitative estimate of drug-likeness (QED) is 0.929. The number of benzene rings is 1. The smallest absolute Gasteiger partial charge is 0.223 e. The zero-order valence-electron chi connectivity index (χ0n) is 13.8. The monoisotopic (exact) mass is 301 g/mol. The molecular formula is C18H27N3O. The van der Waals surface area contributed by atoms with Crippen molar-refractivity contribution in [1.82, 2.24) is 4.90 Å². The molecule has 1 fully saturated rings. The third-order valence-corrected chi connectivity index (χ3v) is 4.85. The molecular weight excluding hydrogens is 274 g/mol. The number of carbonyl (C=O) groups excluding carboxylic acids is 1. The van der Waals surface area contributed by atoms with Crippen LogP contribution in [-0.4, -0.2) is 43.0 Å². The van der Waals surface area contributed by atoms with Gasteiger partial charge < -0.3 is 15.1 Å². The molecule has 2 aliphatic heterocycles. The zero-order chi connectivity index (χ0) is 15.5. The molecule has 0 saturated carbocycles. The van der Waals surface area contributed by atoms with Crippen LogP contribution in [0, 0.1) is 0 Å². The molecule has 0 spiro atoms. The van der Waals surface area contributed by atoms with Gasteiger partial charge in [-0.15, -0.1) is 0 Å². The number of fused-ring (bicyclic) bond motifs is 1. The normalized spacial score (nSPS) is 19.3. The first kappa shape index (κ1) is 15.3. The minimum atomic E-state index is 0.141.